The van der Waals surface area contributed by atoms with Crippen LogP contribution in [0, 0.1) is 0 Å². The standard InChI is InChI=1S/C10H10F3NO/c1-9(10(11,12)13)14(15-9)7-8-5-3-2-4-6-8/h2-6H,7H2,1H3/t9-,14?/m1/s1. The molecule has 0 spiro atoms. The van der Waals surface area contributed by atoms with Gasteiger partial charge in [0.2, 0.25) is 0 Å². The Balaban J connectivity index is 2.01. The molecular formula is C10H10F3NO. The zero-order valence-electron chi connectivity index (χ0n) is 8.08. The average molecular weight is 217 g/mol. The van der Waals surface area contributed by atoms with E-state index in [2.05, 4.69) is 4.84 Å². The molecule has 1 fully saturated rings. The summed E-state index contributed by atoms with van der Waals surface area (Å²) in [4.78, 5) is 4.58. The zero-order valence-corrected chi connectivity index (χ0v) is 8.08. The van der Waals surface area contributed by atoms with Crippen LogP contribution in [0.2, 0.25) is 0 Å². The van der Waals surface area contributed by atoms with Gasteiger partial charge in [0.05, 0.1) is 6.54 Å². The maximum atomic E-state index is 12.4. The normalized spacial score (nSPS) is 30.3. The van der Waals surface area contributed by atoms with Crippen LogP contribution >= 0.6 is 0 Å². The molecule has 2 atom stereocenters. The second kappa shape index (κ2) is 3.21. The number of hydroxylamine groups is 2. The van der Waals surface area contributed by atoms with Gasteiger partial charge in [0.1, 0.15) is 0 Å². The first-order valence-electron chi connectivity index (χ1n) is 4.51. The third kappa shape index (κ3) is 1.85. The number of hydrogen-bond acceptors (Lipinski definition) is 2. The predicted molar refractivity (Wildman–Crippen MR) is 47.5 cm³/mol. The lowest BCUT2D eigenvalue weighted by molar-refractivity contribution is -0.181. The molecular weight excluding hydrogens is 207 g/mol. The molecule has 0 N–H and O–H groups in total. The number of nitrogens with zero attached hydrogens (tertiary/aromatic N) is 1. The Kier molecular flexibility index (Phi) is 2.24. The lowest BCUT2D eigenvalue weighted by Crippen LogP contribution is -2.33. The quantitative estimate of drug-likeness (QED) is 0.708. The Morgan fingerprint density at radius 3 is 2.33 bits per heavy atom. The molecule has 1 aromatic rings. The predicted octanol–water partition coefficient (Wildman–Crippen LogP) is 2.71. The first kappa shape index (κ1) is 10.4. The van der Waals surface area contributed by atoms with E-state index in [4.69, 9.17) is 0 Å². The fraction of sp³-hybridized carbons (Fsp3) is 0.400. The van der Waals surface area contributed by atoms with Gasteiger partial charge in [0.25, 0.3) is 5.72 Å². The van der Waals surface area contributed by atoms with Crippen molar-refractivity contribution in [1.82, 2.24) is 5.06 Å². The number of hydrogen-bond donors (Lipinski definition) is 0. The molecule has 15 heavy (non-hydrogen) atoms. The van der Waals surface area contributed by atoms with Gasteiger partial charge in [-0.1, -0.05) is 30.3 Å². The molecule has 1 heterocycles. The summed E-state index contributed by atoms with van der Waals surface area (Å²) in [7, 11) is 0. The molecule has 0 amide bonds. The van der Waals surface area contributed by atoms with Crippen LogP contribution in [0.25, 0.3) is 0 Å². The fourth-order valence-electron chi connectivity index (χ4n) is 1.32. The summed E-state index contributed by atoms with van der Waals surface area (Å²) in [5, 5.41) is 0.933. The van der Waals surface area contributed by atoms with Crippen LogP contribution in [-0.4, -0.2) is 17.0 Å². The highest BCUT2D eigenvalue weighted by Crippen LogP contribution is 2.48. The van der Waals surface area contributed by atoms with E-state index >= 15 is 0 Å². The molecule has 2 rings (SSSR count). The summed E-state index contributed by atoms with van der Waals surface area (Å²) < 4.78 is 37.2. The number of halogens is 3. The average Bonchev–Trinajstić information content (AvgIpc) is 2.79. The lowest BCUT2D eigenvalue weighted by atomic mass is 10.2. The van der Waals surface area contributed by atoms with E-state index in [1.807, 2.05) is 6.07 Å². The monoisotopic (exact) mass is 217 g/mol. The van der Waals surface area contributed by atoms with E-state index in [-0.39, 0.29) is 6.54 Å². The summed E-state index contributed by atoms with van der Waals surface area (Å²) in [6.45, 7) is 1.17. The van der Waals surface area contributed by atoms with Crippen molar-refractivity contribution in [3.63, 3.8) is 0 Å². The molecule has 0 aliphatic carbocycles. The minimum atomic E-state index is -4.35. The Hall–Kier alpha value is -1.07. The Bertz CT molecular complexity index is 351. The molecule has 1 saturated heterocycles. The van der Waals surface area contributed by atoms with Crippen LogP contribution in [0.4, 0.5) is 13.2 Å². The van der Waals surface area contributed by atoms with E-state index in [0.717, 1.165) is 17.6 Å². The van der Waals surface area contributed by atoms with Gasteiger partial charge in [-0.25, -0.2) is 0 Å². The van der Waals surface area contributed by atoms with Gasteiger partial charge in [-0.3, -0.25) is 4.84 Å². The Morgan fingerprint density at radius 2 is 1.87 bits per heavy atom. The Labute approximate surface area is 85.2 Å². The van der Waals surface area contributed by atoms with Gasteiger partial charge >= 0.3 is 6.18 Å². The second-order valence-corrected chi connectivity index (χ2v) is 3.59. The molecule has 1 unspecified atom stereocenters. The fourth-order valence-corrected chi connectivity index (χ4v) is 1.32. The molecule has 2 nitrogen and oxygen atoms in total. The number of benzene rings is 1. The van der Waals surface area contributed by atoms with E-state index < -0.39 is 11.9 Å². The van der Waals surface area contributed by atoms with Crippen molar-refractivity contribution in [2.24, 2.45) is 0 Å². The molecule has 82 valence electrons. The SMILES string of the molecule is C[C@]1(C(F)(F)F)ON1Cc1ccccc1. The molecule has 0 aromatic heterocycles. The molecule has 1 aromatic carbocycles. The van der Waals surface area contributed by atoms with E-state index in [9.17, 15) is 13.2 Å². The van der Waals surface area contributed by atoms with E-state index in [1.54, 1.807) is 24.3 Å². The molecule has 1 aliphatic rings. The first-order valence-corrected chi connectivity index (χ1v) is 4.51. The largest absolute Gasteiger partial charge is 0.435 e. The summed E-state index contributed by atoms with van der Waals surface area (Å²) in [5.41, 5.74) is -1.31. The van der Waals surface area contributed by atoms with Crippen LogP contribution < -0.4 is 0 Å². The highest BCUT2D eigenvalue weighted by molar-refractivity contribution is 5.15. The van der Waals surface area contributed by atoms with Gasteiger partial charge in [-0.05, 0) is 12.5 Å². The van der Waals surface area contributed by atoms with Crippen molar-refractivity contribution < 1.29 is 18.0 Å². The summed E-state index contributed by atoms with van der Waals surface area (Å²) in [6.07, 6.45) is -4.35. The van der Waals surface area contributed by atoms with Crippen LogP contribution in [0.1, 0.15) is 12.5 Å². The zero-order chi connectivity index (χ0) is 11.1. The highest BCUT2D eigenvalue weighted by atomic mass is 19.4. The second-order valence-electron chi connectivity index (χ2n) is 3.59. The molecule has 1 aliphatic heterocycles. The molecule has 0 saturated carbocycles. The summed E-state index contributed by atoms with van der Waals surface area (Å²) >= 11 is 0. The van der Waals surface area contributed by atoms with Crippen molar-refractivity contribution in [3.8, 4) is 0 Å². The van der Waals surface area contributed by atoms with Crippen molar-refractivity contribution >= 4 is 0 Å². The van der Waals surface area contributed by atoms with E-state index in [0.29, 0.717) is 0 Å². The Morgan fingerprint density at radius 1 is 1.27 bits per heavy atom. The van der Waals surface area contributed by atoms with Crippen molar-refractivity contribution in [2.75, 3.05) is 0 Å². The van der Waals surface area contributed by atoms with Gasteiger partial charge < -0.3 is 0 Å². The molecule has 0 bridgehead atoms. The smallest absolute Gasteiger partial charge is 0.261 e. The summed E-state index contributed by atoms with van der Waals surface area (Å²) in [6, 6.07) is 8.90. The van der Waals surface area contributed by atoms with Crippen LogP contribution in [0.5, 0.6) is 0 Å². The maximum absolute atomic E-state index is 12.4. The first-order chi connectivity index (χ1) is 6.93. The third-order valence-electron chi connectivity index (χ3n) is 2.43. The summed E-state index contributed by atoms with van der Waals surface area (Å²) in [5.74, 6) is 0. The number of rotatable bonds is 2. The van der Waals surface area contributed by atoms with Gasteiger partial charge in [-0.2, -0.15) is 13.2 Å². The number of alkyl halides is 3. The highest BCUT2D eigenvalue weighted by Gasteiger charge is 2.69. The molecule has 5 heteroatoms. The van der Waals surface area contributed by atoms with Gasteiger partial charge in [-0.15, -0.1) is 5.06 Å². The van der Waals surface area contributed by atoms with Crippen LogP contribution in [0.15, 0.2) is 30.3 Å². The minimum absolute atomic E-state index is 0.150. The van der Waals surface area contributed by atoms with Crippen LogP contribution in [0.3, 0.4) is 0 Å². The lowest BCUT2D eigenvalue weighted by Gasteiger charge is -2.10. The van der Waals surface area contributed by atoms with E-state index in [1.165, 1.54) is 0 Å². The van der Waals surface area contributed by atoms with Gasteiger partial charge in [0, 0.05) is 0 Å². The van der Waals surface area contributed by atoms with Crippen LogP contribution in [-0.2, 0) is 11.4 Å². The van der Waals surface area contributed by atoms with Crippen molar-refractivity contribution in [1.29, 1.82) is 0 Å². The minimum Gasteiger partial charge on any atom is -0.261 e. The third-order valence-corrected chi connectivity index (χ3v) is 2.43. The van der Waals surface area contributed by atoms with Crippen molar-refractivity contribution in [2.45, 2.75) is 25.4 Å². The van der Waals surface area contributed by atoms with Crippen molar-refractivity contribution in [3.05, 3.63) is 35.9 Å². The molecule has 0 radical (unpaired) electrons. The van der Waals surface area contributed by atoms with Gasteiger partial charge in [0.15, 0.2) is 0 Å². The maximum Gasteiger partial charge on any atom is 0.435 e. The topological polar surface area (TPSA) is 15.5 Å².